The van der Waals surface area contributed by atoms with Gasteiger partial charge in [0, 0.05) is 22.8 Å². The van der Waals surface area contributed by atoms with Crippen LogP contribution >= 0.6 is 11.3 Å². The highest BCUT2D eigenvalue weighted by atomic mass is 32.1. The Morgan fingerprint density at radius 2 is 2.05 bits per heavy atom. The van der Waals surface area contributed by atoms with Crippen molar-refractivity contribution in [1.82, 2.24) is 9.38 Å². The third-order valence-corrected chi connectivity index (χ3v) is 4.01. The minimum atomic E-state index is -4.47. The average molecular weight is 326 g/mol. The smallest absolute Gasteiger partial charge is 0.417 e. The van der Waals surface area contributed by atoms with Gasteiger partial charge in [0.2, 0.25) is 0 Å². The van der Waals surface area contributed by atoms with Crippen LogP contribution < -0.4 is 0 Å². The molecule has 0 aliphatic heterocycles. The topological polar surface area (TPSA) is 54.6 Å². The lowest BCUT2D eigenvalue weighted by Gasteiger charge is -2.10. The summed E-state index contributed by atoms with van der Waals surface area (Å²) in [7, 11) is 0. The summed E-state index contributed by atoms with van der Waals surface area (Å²) in [4.78, 5) is 15.4. The van der Waals surface area contributed by atoms with Crippen molar-refractivity contribution in [2.75, 3.05) is 0 Å². The molecule has 2 heterocycles. The summed E-state index contributed by atoms with van der Waals surface area (Å²) in [6.45, 7) is 0. The SMILES string of the molecule is O=C(O)Cc1csc2nc(-c3ccccc3C(F)(F)F)cn12. The van der Waals surface area contributed by atoms with E-state index in [1.54, 1.807) is 5.38 Å². The molecular weight excluding hydrogens is 317 g/mol. The third-order valence-electron chi connectivity index (χ3n) is 3.12. The van der Waals surface area contributed by atoms with E-state index in [0.717, 1.165) is 6.07 Å². The Labute approximate surface area is 126 Å². The van der Waals surface area contributed by atoms with Crippen molar-refractivity contribution in [2.45, 2.75) is 12.6 Å². The van der Waals surface area contributed by atoms with Gasteiger partial charge in [0.1, 0.15) is 0 Å². The third kappa shape index (κ3) is 2.57. The van der Waals surface area contributed by atoms with Gasteiger partial charge in [-0.1, -0.05) is 18.2 Å². The van der Waals surface area contributed by atoms with E-state index in [9.17, 15) is 18.0 Å². The van der Waals surface area contributed by atoms with Gasteiger partial charge in [-0.25, -0.2) is 4.98 Å². The van der Waals surface area contributed by atoms with Gasteiger partial charge in [0.05, 0.1) is 17.7 Å². The van der Waals surface area contributed by atoms with Crippen LogP contribution in [0.4, 0.5) is 13.2 Å². The minimum Gasteiger partial charge on any atom is -0.481 e. The number of carboxylic acid groups (broad SMARTS) is 1. The highest BCUT2D eigenvalue weighted by molar-refractivity contribution is 7.15. The molecule has 0 fully saturated rings. The molecule has 22 heavy (non-hydrogen) atoms. The predicted octanol–water partition coefficient (Wildman–Crippen LogP) is 3.71. The van der Waals surface area contributed by atoms with Crippen LogP contribution in [0.25, 0.3) is 16.2 Å². The second-order valence-corrected chi connectivity index (χ2v) is 5.46. The molecule has 114 valence electrons. The van der Waals surface area contributed by atoms with E-state index in [2.05, 4.69) is 4.98 Å². The molecule has 0 radical (unpaired) electrons. The fourth-order valence-electron chi connectivity index (χ4n) is 2.19. The molecule has 0 atom stereocenters. The molecule has 4 nitrogen and oxygen atoms in total. The number of alkyl halides is 3. The molecule has 2 aromatic heterocycles. The number of halogens is 3. The van der Waals surface area contributed by atoms with Gasteiger partial charge in [-0.15, -0.1) is 11.3 Å². The summed E-state index contributed by atoms with van der Waals surface area (Å²) in [5.74, 6) is -1.01. The Balaban J connectivity index is 2.12. The first-order valence-corrected chi connectivity index (χ1v) is 7.08. The van der Waals surface area contributed by atoms with Crippen LogP contribution in [-0.4, -0.2) is 20.5 Å². The lowest BCUT2D eigenvalue weighted by Crippen LogP contribution is -2.06. The fourth-order valence-corrected chi connectivity index (χ4v) is 3.07. The molecule has 0 saturated carbocycles. The van der Waals surface area contributed by atoms with Crippen molar-refractivity contribution in [3.05, 3.63) is 47.1 Å². The van der Waals surface area contributed by atoms with E-state index in [1.165, 1.54) is 40.1 Å². The number of imidazole rings is 1. The van der Waals surface area contributed by atoms with Gasteiger partial charge in [-0.05, 0) is 6.07 Å². The lowest BCUT2D eigenvalue weighted by molar-refractivity contribution is -0.137. The molecule has 0 saturated heterocycles. The number of carboxylic acids is 1. The molecule has 0 unspecified atom stereocenters. The van der Waals surface area contributed by atoms with E-state index < -0.39 is 17.7 Å². The van der Waals surface area contributed by atoms with Gasteiger partial charge in [-0.2, -0.15) is 13.2 Å². The number of hydrogen-bond donors (Lipinski definition) is 1. The molecular formula is C14H9F3N2O2S. The summed E-state index contributed by atoms with van der Waals surface area (Å²) in [6.07, 6.45) is -3.25. The molecule has 0 amide bonds. The number of rotatable bonds is 3. The normalized spacial score (nSPS) is 12.0. The highest BCUT2D eigenvalue weighted by Crippen LogP contribution is 2.37. The number of aliphatic carboxylic acids is 1. The summed E-state index contributed by atoms with van der Waals surface area (Å²) >= 11 is 1.19. The Bertz CT molecular complexity index is 851. The predicted molar refractivity (Wildman–Crippen MR) is 74.8 cm³/mol. The maximum atomic E-state index is 13.1. The molecule has 3 rings (SSSR count). The zero-order valence-electron chi connectivity index (χ0n) is 11.0. The minimum absolute atomic E-state index is 0.0211. The first-order chi connectivity index (χ1) is 10.4. The van der Waals surface area contributed by atoms with E-state index in [1.807, 2.05) is 0 Å². The van der Waals surface area contributed by atoms with Gasteiger partial charge >= 0.3 is 12.1 Å². The average Bonchev–Trinajstić information content (AvgIpc) is 2.99. The summed E-state index contributed by atoms with van der Waals surface area (Å²) in [5.41, 5.74) is -0.130. The van der Waals surface area contributed by atoms with Crippen molar-refractivity contribution in [3.8, 4) is 11.3 Å². The molecule has 0 aliphatic rings. The van der Waals surface area contributed by atoms with Gasteiger partial charge in [0.25, 0.3) is 0 Å². The van der Waals surface area contributed by atoms with Crippen molar-refractivity contribution < 1.29 is 23.1 Å². The van der Waals surface area contributed by atoms with E-state index in [0.29, 0.717) is 10.7 Å². The van der Waals surface area contributed by atoms with Gasteiger partial charge in [-0.3, -0.25) is 9.20 Å². The lowest BCUT2D eigenvalue weighted by atomic mass is 10.0. The molecule has 1 N–H and O–H groups in total. The summed E-state index contributed by atoms with van der Waals surface area (Å²) in [6, 6.07) is 5.18. The zero-order chi connectivity index (χ0) is 15.9. The summed E-state index contributed by atoms with van der Waals surface area (Å²) in [5, 5.41) is 10.5. The van der Waals surface area contributed by atoms with Crippen LogP contribution in [0.1, 0.15) is 11.3 Å². The molecule has 3 aromatic rings. The van der Waals surface area contributed by atoms with E-state index in [-0.39, 0.29) is 17.7 Å². The van der Waals surface area contributed by atoms with Crippen LogP contribution in [0.3, 0.4) is 0 Å². The number of thiazole rings is 1. The van der Waals surface area contributed by atoms with Crippen molar-refractivity contribution in [1.29, 1.82) is 0 Å². The van der Waals surface area contributed by atoms with E-state index in [4.69, 9.17) is 5.11 Å². The fraction of sp³-hybridized carbons (Fsp3) is 0.143. The number of benzene rings is 1. The molecule has 0 bridgehead atoms. The number of aromatic nitrogens is 2. The monoisotopic (exact) mass is 326 g/mol. The van der Waals surface area contributed by atoms with E-state index >= 15 is 0 Å². The van der Waals surface area contributed by atoms with Gasteiger partial charge < -0.3 is 5.11 Å². The number of hydrogen-bond acceptors (Lipinski definition) is 3. The van der Waals surface area contributed by atoms with Crippen LogP contribution in [-0.2, 0) is 17.4 Å². The van der Waals surface area contributed by atoms with Crippen molar-refractivity contribution in [2.24, 2.45) is 0 Å². The number of nitrogens with zero attached hydrogens (tertiary/aromatic N) is 2. The summed E-state index contributed by atoms with van der Waals surface area (Å²) < 4.78 is 40.7. The van der Waals surface area contributed by atoms with Crippen LogP contribution in [0.15, 0.2) is 35.8 Å². The Morgan fingerprint density at radius 3 is 2.73 bits per heavy atom. The quantitative estimate of drug-likeness (QED) is 0.798. The maximum absolute atomic E-state index is 13.1. The van der Waals surface area contributed by atoms with Crippen molar-refractivity contribution in [3.63, 3.8) is 0 Å². The molecule has 8 heteroatoms. The van der Waals surface area contributed by atoms with Crippen LogP contribution in [0.2, 0.25) is 0 Å². The van der Waals surface area contributed by atoms with Crippen LogP contribution in [0.5, 0.6) is 0 Å². The molecule has 0 spiro atoms. The second-order valence-electron chi connectivity index (χ2n) is 4.62. The molecule has 0 aliphatic carbocycles. The standard InChI is InChI=1S/C14H9F3N2O2S/c15-14(16,17)10-4-2-1-3-9(10)11-6-19-8(5-12(20)21)7-22-13(19)18-11/h1-4,6-7H,5H2,(H,20,21). The zero-order valence-corrected chi connectivity index (χ0v) is 11.8. The van der Waals surface area contributed by atoms with Gasteiger partial charge in [0.15, 0.2) is 4.96 Å². The number of fused-ring (bicyclic) bond motifs is 1. The Morgan fingerprint density at radius 1 is 1.32 bits per heavy atom. The first kappa shape index (κ1) is 14.6. The highest BCUT2D eigenvalue weighted by Gasteiger charge is 2.34. The second kappa shape index (κ2) is 5.13. The number of carbonyl (C=O) groups is 1. The molecule has 1 aromatic carbocycles. The largest absolute Gasteiger partial charge is 0.481 e. The Kier molecular flexibility index (Phi) is 3.40. The Hall–Kier alpha value is -2.35. The van der Waals surface area contributed by atoms with Crippen LogP contribution in [0, 0.1) is 0 Å². The van der Waals surface area contributed by atoms with Crippen molar-refractivity contribution >= 4 is 22.3 Å². The first-order valence-electron chi connectivity index (χ1n) is 6.20. The maximum Gasteiger partial charge on any atom is 0.417 e.